The second-order valence-electron chi connectivity index (χ2n) is 5.13. The van der Waals surface area contributed by atoms with E-state index in [-0.39, 0.29) is 5.78 Å². The minimum atomic E-state index is 0.0176. The second-order valence-corrected chi connectivity index (χ2v) is 5.13. The molecular weight excluding hydrogens is 286 g/mol. The smallest absolute Gasteiger partial charge is 0.193 e. The van der Waals surface area contributed by atoms with Gasteiger partial charge in [-0.05, 0) is 36.4 Å². The lowest BCUT2D eigenvalue weighted by atomic mass is 10.0. The van der Waals surface area contributed by atoms with Gasteiger partial charge in [-0.1, -0.05) is 42.5 Å². The molecule has 0 amide bonds. The fourth-order valence-electron chi connectivity index (χ4n) is 2.34. The van der Waals surface area contributed by atoms with Crippen molar-refractivity contribution >= 4 is 17.2 Å². The first-order valence-electron chi connectivity index (χ1n) is 7.37. The summed E-state index contributed by atoms with van der Waals surface area (Å²) < 4.78 is 5.15. The molecule has 3 rings (SSSR count). The Bertz CT molecular complexity index is 795. The summed E-state index contributed by atoms with van der Waals surface area (Å²) in [7, 11) is 1.64. The van der Waals surface area contributed by atoms with Gasteiger partial charge in [0.15, 0.2) is 5.78 Å². The predicted molar refractivity (Wildman–Crippen MR) is 92.6 cm³/mol. The van der Waals surface area contributed by atoms with Crippen LogP contribution in [0.3, 0.4) is 0 Å². The van der Waals surface area contributed by atoms with Crippen LogP contribution in [0.2, 0.25) is 0 Å². The van der Waals surface area contributed by atoms with E-state index in [1.54, 1.807) is 7.11 Å². The number of methoxy groups -OCH3 is 1. The standard InChI is InChI=1S/C20H17NO2/c1-23-19-12-10-17(11-13-19)21-18-9-5-8-16(14-18)20(22)15-6-3-2-4-7-15/h2-14,21H,1H3. The van der Waals surface area contributed by atoms with Crippen LogP contribution in [0.1, 0.15) is 15.9 Å². The van der Waals surface area contributed by atoms with Gasteiger partial charge in [-0.3, -0.25) is 4.79 Å². The summed E-state index contributed by atoms with van der Waals surface area (Å²) in [5.74, 6) is 0.826. The Labute approximate surface area is 135 Å². The monoisotopic (exact) mass is 303 g/mol. The van der Waals surface area contributed by atoms with Gasteiger partial charge in [-0.15, -0.1) is 0 Å². The van der Waals surface area contributed by atoms with Gasteiger partial charge in [0.05, 0.1) is 7.11 Å². The lowest BCUT2D eigenvalue weighted by Gasteiger charge is -2.09. The Morgan fingerprint density at radius 1 is 0.783 bits per heavy atom. The van der Waals surface area contributed by atoms with Crippen molar-refractivity contribution in [2.24, 2.45) is 0 Å². The Hall–Kier alpha value is -3.07. The molecule has 0 fully saturated rings. The molecule has 23 heavy (non-hydrogen) atoms. The summed E-state index contributed by atoms with van der Waals surface area (Å²) in [6, 6.07) is 24.4. The van der Waals surface area contributed by atoms with Crippen LogP contribution >= 0.6 is 0 Å². The van der Waals surface area contributed by atoms with E-state index >= 15 is 0 Å². The van der Waals surface area contributed by atoms with Gasteiger partial charge in [0.1, 0.15) is 5.75 Å². The number of anilines is 2. The number of rotatable bonds is 5. The highest BCUT2D eigenvalue weighted by atomic mass is 16.5. The zero-order chi connectivity index (χ0) is 16.1. The van der Waals surface area contributed by atoms with Crippen molar-refractivity contribution in [3.63, 3.8) is 0 Å². The quantitative estimate of drug-likeness (QED) is 0.696. The number of ether oxygens (including phenoxy) is 1. The third-order valence-electron chi connectivity index (χ3n) is 3.54. The highest BCUT2D eigenvalue weighted by Gasteiger charge is 2.08. The van der Waals surface area contributed by atoms with Crippen LogP contribution in [0.4, 0.5) is 11.4 Å². The molecule has 0 bridgehead atoms. The molecule has 0 saturated heterocycles. The first-order chi connectivity index (χ1) is 11.3. The van der Waals surface area contributed by atoms with E-state index in [4.69, 9.17) is 4.74 Å². The van der Waals surface area contributed by atoms with Crippen molar-refractivity contribution in [3.05, 3.63) is 90.0 Å². The molecule has 0 heterocycles. The number of carbonyl (C=O) groups excluding carboxylic acids is 1. The summed E-state index contributed by atoms with van der Waals surface area (Å²) in [4.78, 5) is 12.5. The Morgan fingerprint density at radius 2 is 1.48 bits per heavy atom. The van der Waals surface area contributed by atoms with Gasteiger partial charge < -0.3 is 10.1 Å². The second kappa shape index (κ2) is 6.79. The molecular formula is C20H17NO2. The van der Waals surface area contributed by atoms with Crippen LogP contribution in [0, 0.1) is 0 Å². The van der Waals surface area contributed by atoms with Crippen LogP contribution in [0.15, 0.2) is 78.9 Å². The van der Waals surface area contributed by atoms with Crippen molar-refractivity contribution < 1.29 is 9.53 Å². The van der Waals surface area contributed by atoms with Crippen LogP contribution < -0.4 is 10.1 Å². The molecule has 0 spiro atoms. The van der Waals surface area contributed by atoms with Gasteiger partial charge in [-0.2, -0.15) is 0 Å². The molecule has 3 nitrogen and oxygen atoms in total. The first-order valence-corrected chi connectivity index (χ1v) is 7.37. The SMILES string of the molecule is COc1ccc(Nc2cccc(C(=O)c3ccccc3)c2)cc1. The molecule has 3 heteroatoms. The summed E-state index contributed by atoms with van der Waals surface area (Å²) in [5, 5.41) is 3.29. The van der Waals surface area contributed by atoms with Crippen LogP contribution in [0.5, 0.6) is 5.75 Å². The highest BCUT2D eigenvalue weighted by molar-refractivity contribution is 6.09. The third kappa shape index (κ3) is 3.58. The zero-order valence-electron chi connectivity index (χ0n) is 12.8. The highest BCUT2D eigenvalue weighted by Crippen LogP contribution is 2.21. The lowest BCUT2D eigenvalue weighted by molar-refractivity contribution is 0.103. The first kappa shape index (κ1) is 14.9. The van der Waals surface area contributed by atoms with Gasteiger partial charge >= 0.3 is 0 Å². The number of benzene rings is 3. The number of ketones is 1. The average molecular weight is 303 g/mol. The molecule has 0 unspecified atom stereocenters. The van der Waals surface area contributed by atoms with Crippen LogP contribution in [-0.2, 0) is 0 Å². The maximum absolute atomic E-state index is 12.5. The van der Waals surface area contributed by atoms with Crippen molar-refractivity contribution in [1.82, 2.24) is 0 Å². The Balaban J connectivity index is 1.80. The van der Waals surface area contributed by atoms with E-state index in [0.29, 0.717) is 11.1 Å². The fourth-order valence-corrected chi connectivity index (χ4v) is 2.34. The van der Waals surface area contributed by atoms with E-state index in [1.807, 2.05) is 78.9 Å². The van der Waals surface area contributed by atoms with Crippen molar-refractivity contribution in [1.29, 1.82) is 0 Å². The lowest BCUT2D eigenvalue weighted by Crippen LogP contribution is -2.01. The van der Waals surface area contributed by atoms with Crippen molar-refractivity contribution in [2.75, 3.05) is 12.4 Å². The summed E-state index contributed by atoms with van der Waals surface area (Å²) in [6.07, 6.45) is 0. The van der Waals surface area contributed by atoms with E-state index in [1.165, 1.54) is 0 Å². The van der Waals surface area contributed by atoms with Gasteiger partial charge in [0.25, 0.3) is 0 Å². The Kier molecular flexibility index (Phi) is 4.39. The molecule has 0 saturated carbocycles. The molecule has 0 aromatic heterocycles. The largest absolute Gasteiger partial charge is 0.497 e. The molecule has 114 valence electrons. The number of hydrogen-bond donors (Lipinski definition) is 1. The van der Waals surface area contributed by atoms with Crippen molar-refractivity contribution in [2.45, 2.75) is 0 Å². The molecule has 0 aliphatic rings. The maximum Gasteiger partial charge on any atom is 0.193 e. The summed E-state index contributed by atoms with van der Waals surface area (Å²) in [5.41, 5.74) is 3.16. The predicted octanol–water partition coefficient (Wildman–Crippen LogP) is 4.67. The molecule has 0 aliphatic heterocycles. The topological polar surface area (TPSA) is 38.3 Å². The fraction of sp³-hybridized carbons (Fsp3) is 0.0500. The average Bonchev–Trinajstić information content (AvgIpc) is 2.63. The minimum absolute atomic E-state index is 0.0176. The third-order valence-corrected chi connectivity index (χ3v) is 3.54. The Morgan fingerprint density at radius 3 is 2.17 bits per heavy atom. The van der Waals surface area contributed by atoms with E-state index in [0.717, 1.165) is 17.1 Å². The maximum atomic E-state index is 12.5. The molecule has 0 atom stereocenters. The van der Waals surface area contributed by atoms with Crippen LogP contribution in [0.25, 0.3) is 0 Å². The summed E-state index contributed by atoms with van der Waals surface area (Å²) in [6.45, 7) is 0. The molecule has 3 aromatic rings. The zero-order valence-corrected chi connectivity index (χ0v) is 12.8. The number of hydrogen-bond acceptors (Lipinski definition) is 3. The minimum Gasteiger partial charge on any atom is -0.497 e. The summed E-state index contributed by atoms with van der Waals surface area (Å²) >= 11 is 0. The number of nitrogens with one attached hydrogen (secondary N) is 1. The molecule has 3 aromatic carbocycles. The van der Waals surface area contributed by atoms with Crippen LogP contribution in [-0.4, -0.2) is 12.9 Å². The molecule has 1 N–H and O–H groups in total. The van der Waals surface area contributed by atoms with Gasteiger partial charge in [0.2, 0.25) is 0 Å². The molecule has 0 radical (unpaired) electrons. The van der Waals surface area contributed by atoms with Gasteiger partial charge in [0, 0.05) is 22.5 Å². The van der Waals surface area contributed by atoms with E-state index < -0.39 is 0 Å². The van der Waals surface area contributed by atoms with E-state index in [9.17, 15) is 4.79 Å². The normalized spacial score (nSPS) is 10.1. The van der Waals surface area contributed by atoms with Gasteiger partial charge in [-0.25, -0.2) is 0 Å². The molecule has 0 aliphatic carbocycles. The number of carbonyl (C=O) groups is 1. The van der Waals surface area contributed by atoms with Crippen molar-refractivity contribution in [3.8, 4) is 5.75 Å². The van der Waals surface area contributed by atoms with E-state index in [2.05, 4.69) is 5.32 Å².